The van der Waals surface area contributed by atoms with Crippen LogP contribution in [0.3, 0.4) is 0 Å². The molecule has 2 N–H and O–H groups in total. The number of thiocarbonyl (C=S) groups is 2. The molecule has 118 valence electrons. The van der Waals surface area contributed by atoms with Crippen LogP contribution in [0.1, 0.15) is 23.0 Å². The Hall–Kier alpha value is -2.38. The van der Waals surface area contributed by atoms with Crippen LogP contribution < -0.4 is 5.73 Å². The number of carbonyl (C=O) groups excluding carboxylic acids is 1. The molecular weight excluding hydrogens is 332 g/mol. The van der Waals surface area contributed by atoms with Gasteiger partial charge < -0.3 is 14.9 Å². The molecule has 0 aliphatic carbocycles. The molecule has 1 heterocycles. The van der Waals surface area contributed by atoms with Gasteiger partial charge in [-0.1, -0.05) is 36.6 Å². The van der Waals surface area contributed by atoms with Gasteiger partial charge in [0.2, 0.25) is 0 Å². The van der Waals surface area contributed by atoms with Crippen LogP contribution in [0.25, 0.3) is 11.3 Å². The maximum atomic E-state index is 11.6. The monoisotopic (exact) mass is 346 g/mol. The zero-order chi connectivity index (χ0) is 16.8. The number of esters is 1. The summed E-state index contributed by atoms with van der Waals surface area (Å²) in [5.41, 5.74) is 6.68. The van der Waals surface area contributed by atoms with Gasteiger partial charge >= 0.3 is 5.97 Å². The number of aliphatic imine (C=N–C) groups is 1. The van der Waals surface area contributed by atoms with E-state index in [-0.39, 0.29) is 15.9 Å². The quantitative estimate of drug-likeness (QED) is 0.520. The summed E-state index contributed by atoms with van der Waals surface area (Å²) in [5.74, 6) is 0.814. The molecule has 0 amide bonds. The summed E-state index contributed by atoms with van der Waals surface area (Å²) in [6, 6.07) is 10.5. The molecular formula is C16H14N2O3S2. The van der Waals surface area contributed by atoms with Crippen LogP contribution in [0, 0.1) is 0 Å². The summed E-state index contributed by atoms with van der Waals surface area (Å²) in [6.45, 7) is 2.11. The SMILES string of the molecule is CCOC(=O)c1ccc(-c2ccc(C=NC(=S)C(N)=S)o2)cc1. The lowest BCUT2D eigenvalue weighted by atomic mass is 10.1. The van der Waals surface area contributed by atoms with Crippen molar-refractivity contribution in [1.82, 2.24) is 0 Å². The lowest BCUT2D eigenvalue weighted by molar-refractivity contribution is 0.0526. The van der Waals surface area contributed by atoms with Gasteiger partial charge in [-0.25, -0.2) is 9.79 Å². The first kappa shape index (κ1) is 17.0. The van der Waals surface area contributed by atoms with Crippen molar-refractivity contribution in [3.8, 4) is 11.3 Å². The summed E-state index contributed by atoms with van der Waals surface area (Å²) in [6.07, 6.45) is 1.46. The Labute approximate surface area is 144 Å². The van der Waals surface area contributed by atoms with Crippen LogP contribution in [0.15, 0.2) is 45.8 Å². The van der Waals surface area contributed by atoms with E-state index in [1.807, 2.05) is 0 Å². The molecule has 0 saturated carbocycles. The fourth-order valence-electron chi connectivity index (χ4n) is 1.75. The predicted octanol–water partition coefficient (Wildman–Crippen LogP) is 3.16. The van der Waals surface area contributed by atoms with E-state index < -0.39 is 0 Å². The highest BCUT2D eigenvalue weighted by Gasteiger charge is 2.08. The van der Waals surface area contributed by atoms with Crippen molar-refractivity contribution in [2.24, 2.45) is 10.7 Å². The number of nitrogens with zero attached hydrogens (tertiary/aromatic N) is 1. The van der Waals surface area contributed by atoms with Crippen molar-refractivity contribution in [2.45, 2.75) is 6.92 Å². The fraction of sp³-hybridized carbons (Fsp3) is 0.125. The first-order valence-electron chi connectivity index (χ1n) is 6.76. The fourth-order valence-corrected chi connectivity index (χ4v) is 1.85. The smallest absolute Gasteiger partial charge is 0.338 e. The molecule has 23 heavy (non-hydrogen) atoms. The van der Waals surface area contributed by atoms with Gasteiger partial charge in [-0.05, 0) is 31.2 Å². The Morgan fingerprint density at radius 1 is 1.26 bits per heavy atom. The molecule has 0 unspecified atom stereocenters. The Balaban J connectivity index is 2.13. The highest BCUT2D eigenvalue weighted by molar-refractivity contribution is 7.89. The van der Waals surface area contributed by atoms with Gasteiger partial charge in [-0.3, -0.25) is 0 Å². The van der Waals surface area contributed by atoms with Gasteiger partial charge in [0.05, 0.1) is 18.4 Å². The van der Waals surface area contributed by atoms with Gasteiger partial charge in [-0.15, -0.1) is 0 Å². The molecule has 1 aromatic carbocycles. The minimum atomic E-state index is -0.349. The lowest BCUT2D eigenvalue weighted by Crippen LogP contribution is -2.16. The van der Waals surface area contributed by atoms with Crippen molar-refractivity contribution < 1.29 is 13.9 Å². The second kappa shape index (κ2) is 7.75. The van der Waals surface area contributed by atoms with E-state index in [1.54, 1.807) is 43.3 Å². The van der Waals surface area contributed by atoms with Crippen LogP contribution in [0.4, 0.5) is 0 Å². The molecule has 2 aromatic rings. The summed E-state index contributed by atoms with van der Waals surface area (Å²) < 4.78 is 10.6. The van der Waals surface area contributed by atoms with E-state index in [1.165, 1.54) is 6.21 Å². The van der Waals surface area contributed by atoms with E-state index in [2.05, 4.69) is 4.99 Å². The molecule has 0 aliphatic rings. The zero-order valence-corrected chi connectivity index (χ0v) is 13.9. The van der Waals surface area contributed by atoms with E-state index in [9.17, 15) is 4.79 Å². The second-order valence-corrected chi connectivity index (χ2v) is 5.25. The first-order valence-corrected chi connectivity index (χ1v) is 7.58. The highest BCUT2D eigenvalue weighted by atomic mass is 32.1. The molecule has 0 saturated heterocycles. The van der Waals surface area contributed by atoms with Crippen molar-refractivity contribution in [1.29, 1.82) is 0 Å². The molecule has 5 nitrogen and oxygen atoms in total. The van der Waals surface area contributed by atoms with Crippen molar-refractivity contribution in [3.05, 3.63) is 47.7 Å². The summed E-state index contributed by atoms with van der Waals surface area (Å²) >= 11 is 9.61. The molecule has 0 spiro atoms. The van der Waals surface area contributed by atoms with Gasteiger partial charge in [0.1, 0.15) is 16.5 Å². The maximum absolute atomic E-state index is 11.6. The number of rotatable bonds is 4. The van der Waals surface area contributed by atoms with Crippen LogP contribution in [-0.2, 0) is 4.74 Å². The van der Waals surface area contributed by atoms with Gasteiger partial charge in [0.25, 0.3) is 0 Å². The van der Waals surface area contributed by atoms with E-state index in [4.69, 9.17) is 39.3 Å². The van der Waals surface area contributed by atoms with Gasteiger partial charge in [0, 0.05) is 5.56 Å². The number of carbonyl (C=O) groups is 1. The number of furan rings is 1. The Bertz CT molecular complexity index is 764. The normalized spacial score (nSPS) is 10.7. The van der Waals surface area contributed by atoms with Gasteiger partial charge in [-0.2, -0.15) is 0 Å². The second-order valence-electron chi connectivity index (χ2n) is 4.43. The Morgan fingerprint density at radius 3 is 2.57 bits per heavy atom. The minimum Gasteiger partial charge on any atom is -0.462 e. The third-order valence-electron chi connectivity index (χ3n) is 2.83. The van der Waals surface area contributed by atoms with Crippen molar-refractivity contribution in [2.75, 3.05) is 6.61 Å². The number of benzene rings is 1. The van der Waals surface area contributed by atoms with Crippen LogP contribution >= 0.6 is 24.4 Å². The molecule has 0 bridgehead atoms. The average molecular weight is 346 g/mol. The van der Waals surface area contributed by atoms with E-state index >= 15 is 0 Å². The molecule has 1 aromatic heterocycles. The van der Waals surface area contributed by atoms with Crippen molar-refractivity contribution in [3.63, 3.8) is 0 Å². The number of ether oxygens (including phenoxy) is 1. The van der Waals surface area contributed by atoms with Crippen LogP contribution in [0.5, 0.6) is 0 Å². The highest BCUT2D eigenvalue weighted by Crippen LogP contribution is 2.22. The van der Waals surface area contributed by atoms with Crippen molar-refractivity contribution >= 4 is 46.6 Å². The molecule has 2 rings (SSSR count). The largest absolute Gasteiger partial charge is 0.462 e. The number of nitrogens with two attached hydrogens (primary N) is 1. The number of hydrogen-bond acceptors (Lipinski definition) is 5. The lowest BCUT2D eigenvalue weighted by Gasteiger charge is -2.02. The summed E-state index contributed by atoms with van der Waals surface area (Å²) in [4.78, 5) is 15.8. The minimum absolute atomic E-state index is 0.0672. The molecule has 0 atom stereocenters. The predicted molar refractivity (Wildman–Crippen MR) is 97.1 cm³/mol. The van der Waals surface area contributed by atoms with Crippen LogP contribution in [-0.4, -0.2) is 28.8 Å². The summed E-state index contributed by atoms with van der Waals surface area (Å²) in [7, 11) is 0. The van der Waals surface area contributed by atoms with Gasteiger partial charge in [0.15, 0.2) is 4.99 Å². The number of hydrogen-bond donors (Lipinski definition) is 1. The zero-order valence-electron chi connectivity index (χ0n) is 12.3. The molecule has 0 radical (unpaired) electrons. The Kier molecular flexibility index (Phi) is 5.72. The molecule has 0 aliphatic heterocycles. The standard InChI is InChI=1S/C16H14N2O3S2/c1-2-20-16(19)11-5-3-10(4-6-11)13-8-7-12(21-13)9-18-15(23)14(17)22/h3-9H,2H2,1H3,(H2,17,22). The third kappa shape index (κ3) is 4.54. The maximum Gasteiger partial charge on any atom is 0.338 e. The first-order chi connectivity index (χ1) is 11.0. The topological polar surface area (TPSA) is 77.8 Å². The third-order valence-corrected chi connectivity index (χ3v) is 3.48. The molecule has 7 heteroatoms. The Morgan fingerprint density at radius 2 is 1.96 bits per heavy atom. The summed E-state index contributed by atoms with van der Waals surface area (Å²) in [5, 5.41) is 0. The van der Waals surface area contributed by atoms with E-state index in [0.29, 0.717) is 23.7 Å². The molecule has 0 fully saturated rings. The average Bonchev–Trinajstić information content (AvgIpc) is 3.01. The van der Waals surface area contributed by atoms with Crippen LogP contribution in [0.2, 0.25) is 0 Å². The van der Waals surface area contributed by atoms with E-state index in [0.717, 1.165) is 5.56 Å².